The van der Waals surface area contributed by atoms with Gasteiger partial charge in [-0.25, -0.2) is 0 Å². The van der Waals surface area contributed by atoms with E-state index in [1.54, 1.807) is 18.7 Å². The standard InChI is InChI=1S/C27H42N2O3/c1-6-8-24(7-2)28-13-11-21(12-14-28)22-15-18(3)26-23(16-22)17-29(27(26)32)25(20(5)31)10-9-19(4)30/h15-16,19,21,24-25,30H,6-14,17H2,1-5H3/t19?,24-,25?/m0/s1. The smallest absolute Gasteiger partial charge is 0.255 e. The van der Waals surface area contributed by atoms with Crippen molar-refractivity contribution in [3.63, 3.8) is 0 Å². The van der Waals surface area contributed by atoms with E-state index in [9.17, 15) is 14.7 Å². The summed E-state index contributed by atoms with van der Waals surface area (Å²) in [7, 11) is 0. The summed E-state index contributed by atoms with van der Waals surface area (Å²) in [5, 5.41) is 9.67. The number of hydrogen-bond donors (Lipinski definition) is 1. The van der Waals surface area contributed by atoms with Crippen LogP contribution in [-0.2, 0) is 11.3 Å². The van der Waals surface area contributed by atoms with E-state index >= 15 is 0 Å². The number of amides is 1. The summed E-state index contributed by atoms with van der Waals surface area (Å²) in [6.07, 6.45) is 6.63. The summed E-state index contributed by atoms with van der Waals surface area (Å²) in [5.74, 6) is 0.502. The summed E-state index contributed by atoms with van der Waals surface area (Å²) in [4.78, 5) is 29.9. The number of benzene rings is 1. The molecule has 1 fully saturated rings. The minimum Gasteiger partial charge on any atom is -0.393 e. The van der Waals surface area contributed by atoms with Gasteiger partial charge in [0.05, 0.1) is 12.1 Å². The number of hydrogen-bond acceptors (Lipinski definition) is 4. The molecule has 1 amide bonds. The Labute approximate surface area is 194 Å². The maximum absolute atomic E-state index is 13.2. The number of likely N-dealkylation sites (tertiary alicyclic amines) is 1. The molecule has 1 N–H and O–H groups in total. The molecule has 0 saturated carbocycles. The first-order chi connectivity index (χ1) is 15.3. The lowest BCUT2D eigenvalue weighted by atomic mass is 9.85. The predicted molar refractivity (Wildman–Crippen MR) is 129 cm³/mol. The van der Waals surface area contributed by atoms with Crippen LogP contribution in [0.2, 0.25) is 0 Å². The van der Waals surface area contributed by atoms with Crippen LogP contribution in [0.15, 0.2) is 12.1 Å². The normalized spacial score (nSPS) is 20.3. The Balaban J connectivity index is 1.73. The number of fused-ring (bicyclic) bond motifs is 1. The van der Waals surface area contributed by atoms with Crippen molar-refractivity contribution in [1.29, 1.82) is 0 Å². The van der Waals surface area contributed by atoms with Crippen molar-refractivity contribution in [2.75, 3.05) is 13.1 Å². The fraction of sp³-hybridized carbons (Fsp3) is 0.704. The zero-order chi connectivity index (χ0) is 23.4. The van der Waals surface area contributed by atoms with Gasteiger partial charge in [0.15, 0.2) is 5.78 Å². The number of aliphatic hydroxyl groups is 1. The molecule has 1 aromatic rings. The molecule has 2 heterocycles. The summed E-state index contributed by atoms with van der Waals surface area (Å²) >= 11 is 0. The molecule has 178 valence electrons. The molecule has 1 aromatic carbocycles. The van der Waals surface area contributed by atoms with E-state index in [0.29, 0.717) is 31.3 Å². The van der Waals surface area contributed by atoms with Gasteiger partial charge in [-0.1, -0.05) is 32.4 Å². The maximum Gasteiger partial charge on any atom is 0.255 e. The van der Waals surface area contributed by atoms with Crippen molar-refractivity contribution in [2.24, 2.45) is 0 Å². The second kappa shape index (κ2) is 10.9. The van der Waals surface area contributed by atoms with Crippen LogP contribution >= 0.6 is 0 Å². The van der Waals surface area contributed by atoms with Gasteiger partial charge < -0.3 is 14.9 Å². The van der Waals surface area contributed by atoms with E-state index in [1.807, 2.05) is 6.92 Å². The van der Waals surface area contributed by atoms with Gasteiger partial charge in [-0.2, -0.15) is 0 Å². The number of aliphatic hydroxyl groups excluding tert-OH is 1. The van der Waals surface area contributed by atoms with E-state index < -0.39 is 12.1 Å². The second-order valence-corrected chi connectivity index (χ2v) is 10.0. The third kappa shape index (κ3) is 5.43. The summed E-state index contributed by atoms with van der Waals surface area (Å²) in [6.45, 7) is 12.7. The highest BCUT2D eigenvalue weighted by molar-refractivity contribution is 6.02. The Morgan fingerprint density at radius 1 is 1.16 bits per heavy atom. The monoisotopic (exact) mass is 442 g/mol. The number of nitrogens with zero attached hydrogens (tertiary/aromatic N) is 2. The lowest BCUT2D eigenvalue weighted by Gasteiger charge is -2.37. The van der Waals surface area contributed by atoms with Crippen molar-refractivity contribution < 1.29 is 14.7 Å². The molecule has 0 aliphatic carbocycles. The molecule has 3 rings (SSSR count). The number of ketones is 1. The quantitative estimate of drug-likeness (QED) is 0.564. The molecule has 5 nitrogen and oxygen atoms in total. The molecular weight excluding hydrogens is 400 g/mol. The molecule has 0 bridgehead atoms. The molecule has 2 unspecified atom stereocenters. The van der Waals surface area contributed by atoms with Crippen molar-refractivity contribution in [2.45, 2.75) is 110 Å². The van der Waals surface area contributed by atoms with Crippen LogP contribution in [-0.4, -0.2) is 57.9 Å². The van der Waals surface area contributed by atoms with Gasteiger partial charge in [0.25, 0.3) is 5.91 Å². The van der Waals surface area contributed by atoms with Gasteiger partial charge in [-0.15, -0.1) is 0 Å². The molecule has 1 saturated heterocycles. The number of carbonyl (C=O) groups excluding carboxylic acids is 2. The Morgan fingerprint density at radius 2 is 1.84 bits per heavy atom. The Morgan fingerprint density at radius 3 is 2.41 bits per heavy atom. The fourth-order valence-electron chi connectivity index (χ4n) is 5.76. The van der Waals surface area contributed by atoms with Crippen LogP contribution < -0.4 is 0 Å². The van der Waals surface area contributed by atoms with E-state index in [-0.39, 0.29) is 11.7 Å². The lowest BCUT2D eigenvalue weighted by Crippen LogP contribution is -2.40. The number of rotatable bonds is 10. The van der Waals surface area contributed by atoms with Crippen LogP contribution in [0.3, 0.4) is 0 Å². The topological polar surface area (TPSA) is 60.9 Å². The van der Waals surface area contributed by atoms with Crippen LogP contribution in [0.1, 0.15) is 106 Å². The molecule has 5 heteroatoms. The van der Waals surface area contributed by atoms with Gasteiger partial charge in [0.2, 0.25) is 0 Å². The minimum atomic E-state index is -0.472. The SMILES string of the molecule is CCC[C@H](CC)N1CCC(c2cc(C)c3c(c2)CN(C(CCC(C)O)C(C)=O)C3=O)CC1. The summed E-state index contributed by atoms with van der Waals surface area (Å²) in [6, 6.07) is 4.69. The number of piperidine rings is 1. The lowest BCUT2D eigenvalue weighted by molar-refractivity contribution is -0.121. The van der Waals surface area contributed by atoms with E-state index in [1.165, 1.54) is 37.7 Å². The number of Topliss-reactive ketones (excluding diaryl/α,β-unsaturated/α-hetero) is 1. The maximum atomic E-state index is 13.2. The van der Waals surface area contributed by atoms with E-state index in [2.05, 4.69) is 30.9 Å². The first-order valence-electron chi connectivity index (χ1n) is 12.6. The fourth-order valence-corrected chi connectivity index (χ4v) is 5.76. The minimum absolute atomic E-state index is 0.00499. The zero-order valence-corrected chi connectivity index (χ0v) is 20.7. The van der Waals surface area contributed by atoms with Gasteiger partial charge >= 0.3 is 0 Å². The first-order valence-corrected chi connectivity index (χ1v) is 12.6. The molecular formula is C27H42N2O3. The highest BCUT2D eigenvalue weighted by Gasteiger charge is 2.36. The van der Waals surface area contributed by atoms with Crippen molar-refractivity contribution >= 4 is 11.7 Å². The molecule has 3 atom stereocenters. The van der Waals surface area contributed by atoms with Crippen LogP contribution in [0.25, 0.3) is 0 Å². The highest BCUT2D eigenvalue weighted by atomic mass is 16.3. The van der Waals surface area contributed by atoms with Gasteiger partial charge in [-0.3, -0.25) is 9.59 Å². The van der Waals surface area contributed by atoms with Crippen molar-refractivity contribution in [3.05, 3.63) is 34.4 Å². The zero-order valence-electron chi connectivity index (χ0n) is 20.7. The Kier molecular flexibility index (Phi) is 8.51. The first kappa shape index (κ1) is 24.9. The highest BCUT2D eigenvalue weighted by Crippen LogP contribution is 2.36. The Bertz CT molecular complexity index is 811. The third-order valence-electron chi connectivity index (χ3n) is 7.57. The number of aryl methyl sites for hydroxylation is 1. The van der Waals surface area contributed by atoms with Gasteiger partial charge in [0, 0.05) is 18.2 Å². The second-order valence-electron chi connectivity index (χ2n) is 10.0. The van der Waals surface area contributed by atoms with E-state index in [0.717, 1.165) is 29.8 Å². The Hall–Kier alpha value is -1.72. The van der Waals surface area contributed by atoms with Gasteiger partial charge in [-0.05, 0) is 95.0 Å². The third-order valence-corrected chi connectivity index (χ3v) is 7.57. The molecule has 32 heavy (non-hydrogen) atoms. The summed E-state index contributed by atoms with van der Waals surface area (Å²) < 4.78 is 0. The molecule has 2 aliphatic rings. The number of carbonyl (C=O) groups is 2. The molecule has 0 aromatic heterocycles. The van der Waals surface area contributed by atoms with Crippen LogP contribution in [0.5, 0.6) is 0 Å². The van der Waals surface area contributed by atoms with Crippen LogP contribution in [0.4, 0.5) is 0 Å². The largest absolute Gasteiger partial charge is 0.393 e. The van der Waals surface area contributed by atoms with Gasteiger partial charge in [0.1, 0.15) is 0 Å². The van der Waals surface area contributed by atoms with E-state index in [4.69, 9.17) is 0 Å². The average molecular weight is 443 g/mol. The van der Waals surface area contributed by atoms with Crippen LogP contribution in [0, 0.1) is 6.92 Å². The summed E-state index contributed by atoms with van der Waals surface area (Å²) in [5.41, 5.74) is 4.22. The average Bonchev–Trinajstić information content (AvgIpc) is 3.08. The predicted octanol–water partition coefficient (Wildman–Crippen LogP) is 4.83. The van der Waals surface area contributed by atoms with Crippen molar-refractivity contribution in [1.82, 2.24) is 9.80 Å². The van der Waals surface area contributed by atoms with Crippen molar-refractivity contribution in [3.8, 4) is 0 Å². The molecule has 0 spiro atoms. The molecule has 0 radical (unpaired) electrons. The molecule has 2 aliphatic heterocycles.